The van der Waals surface area contributed by atoms with Crippen molar-refractivity contribution in [3.8, 4) is 0 Å². The number of morpholine rings is 1. The largest absolute Gasteiger partial charge is 0.379 e. The van der Waals surface area contributed by atoms with Crippen molar-refractivity contribution in [2.24, 2.45) is 0 Å². The van der Waals surface area contributed by atoms with E-state index in [1.165, 1.54) is 0 Å². The Morgan fingerprint density at radius 2 is 1.91 bits per heavy atom. The van der Waals surface area contributed by atoms with Gasteiger partial charge in [0.25, 0.3) is 0 Å². The molecule has 1 atom stereocenters. The number of carbonyl (C=O) groups excluding carboxylic acids is 2. The average Bonchev–Trinajstić information content (AvgIpc) is 2.55. The highest BCUT2D eigenvalue weighted by Gasteiger charge is 2.45. The summed E-state index contributed by atoms with van der Waals surface area (Å²) in [5.74, 6) is -0.224. The molecular weight excluding hydrogens is 294 g/mol. The van der Waals surface area contributed by atoms with Crippen LogP contribution < -0.4 is 10.2 Å². The first kappa shape index (κ1) is 16.0. The van der Waals surface area contributed by atoms with Gasteiger partial charge in [-0.2, -0.15) is 0 Å². The fourth-order valence-corrected chi connectivity index (χ4v) is 3.15. The lowest BCUT2D eigenvalue weighted by atomic mass is 9.95. The molecule has 0 radical (unpaired) electrons. The maximum Gasteiger partial charge on any atom is 0.250 e. The molecule has 6 nitrogen and oxygen atoms in total. The topological polar surface area (TPSA) is 61.9 Å². The van der Waals surface area contributed by atoms with E-state index in [0.717, 1.165) is 18.8 Å². The molecule has 0 spiro atoms. The first-order chi connectivity index (χ1) is 10.9. The summed E-state index contributed by atoms with van der Waals surface area (Å²) in [5, 5.41) is 2.89. The Morgan fingerprint density at radius 3 is 2.61 bits per heavy atom. The molecule has 0 aromatic heterocycles. The van der Waals surface area contributed by atoms with Crippen molar-refractivity contribution >= 4 is 23.2 Å². The van der Waals surface area contributed by atoms with Crippen LogP contribution in [-0.4, -0.2) is 54.6 Å². The molecule has 1 aromatic rings. The SMILES string of the molecule is C[C@H](C(=O)N1c2ccccc2NC(=O)C1(C)C)N1CCOCC1. The second-order valence-corrected chi connectivity index (χ2v) is 6.53. The first-order valence-corrected chi connectivity index (χ1v) is 7.99. The third-order valence-electron chi connectivity index (χ3n) is 4.68. The number of amides is 2. The Labute approximate surface area is 136 Å². The van der Waals surface area contributed by atoms with Crippen LogP contribution in [0.5, 0.6) is 0 Å². The second-order valence-electron chi connectivity index (χ2n) is 6.53. The summed E-state index contributed by atoms with van der Waals surface area (Å²) in [7, 11) is 0. The van der Waals surface area contributed by atoms with Crippen molar-refractivity contribution in [2.75, 3.05) is 36.5 Å². The van der Waals surface area contributed by atoms with Crippen molar-refractivity contribution in [1.82, 2.24) is 4.90 Å². The number of hydrogen-bond acceptors (Lipinski definition) is 4. The van der Waals surface area contributed by atoms with Crippen LogP contribution >= 0.6 is 0 Å². The standard InChI is InChI=1S/C17H23N3O3/c1-12(19-8-10-23-11-9-19)15(21)20-14-7-5-4-6-13(14)18-16(22)17(20,2)3/h4-7,12H,8-11H2,1-3H3,(H,18,22)/t12-/m1/s1. The third-order valence-corrected chi connectivity index (χ3v) is 4.68. The molecule has 0 saturated carbocycles. The van der Waals surface area contributed by atoms with Gasteiger partial charge in [0.15, 0.2) is 0 Å². The summed E-state index contributed by atoms with van der Waals surface area (Å²) < 4.78 is 5.36. The van der Waals surface area contributed by atoms with Crippen LogP contribution in [0, 0.1) is 0 Å². The van der Waals surface area contributed by atoms with Crippen LogP contribution in [0.25, 0.3) is 0 Å². The monoisotopic (exact) mass is 317 g/mol. The molecule has 1 aromatic carbocycles. The highest BCUT2D eigenvalue weighted by molar-refractivity contribution is 6.15. The molecule has 2 aliphatic rings. The molecule has 2 aliphatic heterocycles. The summed E-state index contributed by atoms with van der Waals surface area (Å²) >= 11 is 0. The van der Waals surface area contributed by atoms with Gasteiger partial charge in [0.2, 0.25) is 11.8 Å². The highest BCUT2D eigenvalue weighted by Crippen LogP contribution is 2.37. The molecule has 6 heteroatoms. The molecule has 23 heavy (non-hydrogen) atoms. The summed E-state index contributed by atoms with van der Waals surface area (Å²) in [4.78, 5) is 29.4. The number of anilines is 2. The number of nitrogens with zero attached hydrogens (tertiary/aromatic N) is 2. The minimum absolute atomic E-state index is 0.0563. The van der Waals surface area contributed by atoms with Crippen LogP contribution in [-0.2, 0) is 14.3 Å². The molecule has 1 saturated heterocycles. The van der Waals surface area contributed by atoms with E-state index >= 15 is 0 Å². The van der Waals surface area contributed by atoms with E-state index < -0.39 is 5.54 Å². The Balaban J connectivity index is 1.95. The normalized spacial score (nSPS) is 22.2. The smallest absolute Gasteiger partial charge is 0.250 e. The quantitative estimate of drug-likeness (QED) is 0.897. The number of benzene rings is 1. The summed E-state index contributed by atoms with van der Waals surface area (Å²) in [6, 6.07) is 7.14. The lowest BCUT2D eigenvalue weighted by Gasteiger charge is -2.44. The molecule has 124 valence electrons. The van der Waals surface area contributed by atoms with Crippen molar-refractivity contribution in [1.29, 1.82) is 0 Å². The molecule has 3 rings (SSSR count). The molecule has 1 N–H and O–H groups in total. The van der Waals surface area contributed by atoms with Crippen LogP contribution in [0.1, 0.15) is 20.8 Å². The van der Waals surface area contributed by atoms with E-state index in [0.29, 0.717) is 18.9 Å². The number of ether oxygens (including phenoxy) is 1. The molecule has 1 fully saturated rings. The van der Waals surface area contributed by atoms with Gasteiger partial charge in [-0.15, -0.1) is 0 Å². The zero-order valence-electron chi connectivity index (χ0n) is 13.8. The van der Waals surface area contributed by atoms with E-state index in [4.69, 9.17) is 4.74 Å². The molecule has 0 bridgehead atoms. The van der Waals surface area contributed by atoms with E-state index in [9.17, 15) is 9.59 Å². The fraction of sp³-hybridized carbons (Fsp3) is 0.529. The van der Waals surface area contributed by atoms with Gasteiger partial charge in [-0.1, -0.05) is 12.1 Å². The minimum Gasteiger partial charge on any atom is -0.379 e. The Morgan fingerprint density at radius 1 is 1.26 bits per heavy atom. The number of fused-ring (bicyclic) bond motifs is 1. The fourth-order valence-electron chi connectivity index (χ4n) is 3.15. The van der Waals surface area contributed by atoms with Crippen LogP contribution in [0.3, 0.4) is 0 Å². The van der Waals surface area contributed by atoms with Gasteiger partial charge in [0.1, 0.15) is 5.54 Å². The van der Waals surface area contributed by atoms with Crippen LogP contribution in [0.4, 0.5) is 11.4 Å². The van der Waals surface area contributed by atoms with E-state index in [2.05, 4.69) is 10.2 Å². The number of nitrogens with one attached hydrogen (secondary N) is 1. The predicted molar refractivity (Wildman–Crippen MR) is 88.5 cm³/mol. The van der Waals surface area contributed by atoms with Gasteiger partial charge in [0, 0.05) is 13.1 Å². The first-order valence-electron chi connectivity index (χ1n) is 7.99. The van der Waals surface area contributed by atoms with Crippen molar-refractivity contribution in [2.45, 2.75) is 32.4 Å². The van der Waals surface area contributed by atoms with Crippen molar-refractivity contribution < 1.29 is 14.3 Å². The zero-order chi connectivity index (χ0) is 16.6. The number of para-hydroxylation sites is 2. The molecule has 2 heterocycles. The maximum absolute atomic E-state index is 13.2. The van der Waals surface area contributed by atoms with Gasteiger partial charge < -0.3 is 10.1 Å². The number of carbonyl (C=O) groups is 2. The second kappa shape index (κ2) is 5.94. The molecule has 2 amide bonds. The van der Waals surface area contributed by atoms with Crippen molar-refractivity contribution in [3.05, 3.63) is 24.3 Å². The molecule has 0 unspecified atom stereocenters. The van der Waals surface area contributed by atoms with Gasteiger partial charge >= 0.3 is 0 Å². The van der Waals surface area contributed by atoms with Gasteiger partial charge in [0.05, 0.1) is 30.6 Å². The van der Waals surface area contributed by atoms with Gasteiger partial charge in [-0.25, -0.2) is 0 Å². The van der Waals surface area contributed by atoms with Crippen molar-refractivity contribution in [3.63, 3.8) is 0 Å². The van der Waals surface area contributed by atoms with Crippen LogP contribution in [0.15, 0.2) is 24.3 Å². The molecule has 0 aliphatic carbocycles. The van der Waals surface area contributed by atoms with Crippen LogP contribution in [0.2, 0.25) is 0 Å². The van der Waals surface area contributed by atoms with E-state index in [-0.39, 0.29) is 17.9 Å². The highest BCUT2D eigenvalue weighted by atomic mass is 16.5. The lowest BCUT2D eigenvalue weighted by molar-refractivity contribution is -0.130. The number of rotatable bonds is 2. The zero-order valence-corrected chi connectivity index (χ0v) is 13.8. The summed E-state index contributed by atoms with van der Waals surface area (Å²) in [5.41, 5.74) is 0.507. The Bertz CT molecular complexity index is 623. The predicted octanol–water partition coefficient (Wildman–Crippen LogP) is 1.47. The Kier molecular flexibility index (Phi) is 4.12. The van der Waals surface area contributed by atoms with Gasteiger partial charge in [-0.3, -0.25) is 19.4 Å². The summed E-state index contributed by atoms with van der Waals surface area (Å²) in [6.07, 6.45) is 0. The van der Waals surface area contributed by atoms with Gasteiger partial charge in [-0.05, 0) is 32.9 Å². The van der Waals surface area contributed by atoms with E-state index in [1.807, 2.05) is 31.2 Å². The molecular formula is C17H23N3O3. The Hall–Kier alpha value is -1.92. The van der Waals surface area contributed by atoms with E-state index in [1.54, 1.807) is 18.7 Å². The minimum atomic E-state index is -0.925. The third kappa shape index (κ3) is 2.72. The average molecular weight is 317 g/mol. The lowest BCUT2D eigenvalue weighted by Crippen LogP contribution is -2.62. The summed E-state index contributed by atoms with van der Waals surface area (Å²) in [6.45, 7) is 8.20. The number of hydrogen-bond donors (Lipinski definition) is 1. The maximum atomic E-state index is 13.2.